The molecule has 4 unspecified atom stereocenters. The van der Waals surface area contributed by atoms with Crippen LogP contribution in [0.25, 0.3) is 0 Å². The second-order valence-corrected chi connectivity index (χ2v) is 10.1. The van der Waals surface area contributed by atoms with Crippen LogP contribution in [0.4, 0.5) is 4.39 Å². The molecule has 0 spiro atoms. The summed E-state index contributed by atoms with van der Waals surface area (Å²) in [7, 11) is 1.18. The van der Waals surface area contributed by atoms with Gasteiger partial charge in [0.1, 0.15) is 24.8 Å². The van der Waals surface area contributed by atoms with Crippen molar-refractivity contribution in [1.29, 1.82) is 0 Å². The zero-order chi connectivity index (χ0) is 28.3. The van der Waals surface area contributed by atoms with E-state index in [0.717, 1.165) is 0 Å². The summed E-state index contributed by atoms with van der Waals surface area (Å²) in [6.07, 6.45) is 0.842. The molecule has 0 radical (unpaired) electrons. The minimum absolute atomic E-state index is 0.0345. The average molecular weight is 529 g/mol. The molecule has 1 aliphatic rings. The molecule has 37 heavy (non-hydrogen) atoms. The maximum absolute atomic E-state index is 13.5. The minimum atomic E-state index is -1.31. The van der Waals surface area contributed by atoms with Crippen molar-refractivity contribution in [3.63, 3.8) is 0 Å². The second kappa shape index (κ2) is 15.3. The van der Waals surface area contributed by atoms with Gasteiger partial charge < -0.3 is 25.6 Å². The van der Waals surface area contributed by atoms with Gasteiger partial charge in [-0.3, -0.25) is 28.8 Å². The number of hydrogen-bond donors (Lipinski definition) is 3. The standard InChI is InChI=1S/C25H41FN4O7/c1-14(2)12-18(29-24(35)22(15(3)4)27-16(5)31)25(36)30-11-7-8-19(30)23(34)28-17(20(32)13-26)9-10-21(33)37-6/h14-15,17-19,22H,7-13H2,1-6H3,(H,27,31)(H,28,34)(H,29,35). The van der Waals surface area contributed by atoms with Crippen LogP contribution in [0.1, 0.15) is 66.7 Å². The molecular formula is C25H41FN4O7. The number of Topliss-reactive ketones (excluding diaryl/α,β-unsaturated/α-hetero) is 1. The lowest BCUT2D eigenvalue weighted by molar-refractivity contribution is -0.143. The van der Waals surface area contributed by atoms with Gasteiger partial charge in [0.05, 0.1) is 13.2 Å². The Bertz CT molecular complexity index is 849. The molecule has 1 heterocycles. The molecule has 0 aromatic rings. The normalized spacial score (nSPS) is 17.6. The SMILES string of the molecule is COC(=O)CCC(NC(=O)C1CCCN1C(=O)C(CC(C)C)NC(=O)C(NC(C)=O)C(C)C)C(=O)CF. The number of esters is 1. The Morgan fingerprint density at radius 2 is 1.65 bits per heavy atom. The molecular weight excluding hydrogens is 487 g/mol. The van der Waals surface area contributed by atoms with Gasteiger partial charge in [-0.05, 0) is 37.5 Å². The van der Waals surface area contributed by atoms with Crippen molar-refractivity contribution in [2.75, 3.05) is 20.3 Å². The summed E-state index contributed by atoms with van der Waals surface area (Å²) >= 11 is 0. The molecule has 1 aliphatic heterocycles. The fraction of sp³-hybridized carbons (Fsp3) is 0.760. The number of halogens is 1. The van der Waals surface area contributed by atoms with Crippen molar-refractivity contribution in [2.45, 2.75) is 90.9 Å². The lowest BCUT2D eigenvalue weighted by Gasteiger charge is -2.31. The summed E-state index contributed by atoms with van der Waals surface area (Å²) in [6.45, 7) is 7.59. The van der Waals surface area contributed by atoms with Crippen molar-refractivity contribution < 1.29 is 37.9 Å². The molecule has 0 aromatic heterocycles. The van der Waals surface area contributed by atoms with E-state index in [1.807, 2.05) is 13.8 Å². The lowest BCUT2D eigenvalue weighted by Crippen LogP contribution is -2.58. The third-order valence-electron chi connectivity index (χ3n) is 6.17. The van der Waals surface area contributed by atoms with Gasteiger partial charge in [-0.1, -0.05) is 27.7 Å². The summed E-state index contributed by atoms with van der Waals surface area (Å²) in [5.41, 5.74) is 0. The first-order chi connectivity index (χ1) is 17.3. The molecule has 1 rings (SSSR count). The molecule has 0 saturated carbocycles. The average Bonchev–Trinajstić information content (AvgIpc) is 3.32. The zero-order valence-electron chi connectivity index (χ0n) is 22.6. The lowest BCUT2D eigenvalue weighted by atomic mass is 9.99. The highest BCUT2D eigenvalue weighted by atomic mass is 19.1. The number of alkyl halides is 1. The first-order valence-electron chi connectivity index (χ1n) is 12.7. The van der Waals surface area contributed by atoms with Crippen molar-refractivity contribution in [3.8, 4) is 0 Å². The fourth-order valence-corrected chi connectivity index (χ4v) is 4.25. The molecule has 210 valence electrons. The van der Waals surface area contributed by atoms with Gasteiger partial charge in [-0.2, -0.15) is 0 Å². The summed E-state index contributed by atoms with van der Waals surface area (Å²) < 4.78 is 17.6. The van der Waals surface area contributed by atoms with Crippen LogP contribution in [0.2, 0.25) is 0 Å². The van der Waals surface area contributed by atoms with Gasteiger partial charge in [0.2, 0.25) is 23.6 Å². The van der Waals surface area contributed by atoms with Crippen LogP contribution < -0.4 is 16.0 Å². The number of amides is 4. The van der Waals surface area contributed by atoms with Gasteiger partial charge in [0, 0.05) is 19.9 Å². The van der Waals surface area contributed by atoms with Crippen LogP contribution in [-0.4, -0.2) is 84.8 Å². The van der Waals surface area contributed by atoms with Gasteiger partial charge in [-0.25, -0.2) is 4.39 Å². The molecule has 0 aromatic carbocycles. The highest BCUT2D eigenvalue weighted by Gasteiger charge is 2.39. The van der Waals surface area contributed by atoms with Crippen LogP contribution in [0, 0.1) is 11.8 Å². The van der Waals surface area contributed by atoms with Crippen LogP contribution in [-0.2, 0) is 33.5 Å². The first kappa shape index (κ1) is 32.0. The Morgan fingerprint density at radius 3 is 2.16 bits per heavy atom. The van der Waals surface area contributed by atoms with E-state index < -0.39 is 60.3 Å². The van der Waals surface area contributed by atoms with E-state index in [2.05, 4.69) is 20.7 Å². The minimum Gasteiger partial charge on any atom is -0.469 e. The smallest absolute Gasteiger partial charge is 0.305 e. The summed E-state index contributed by atoms with van der Waals surface area (Å²) in [5.74, 6) is -3.62. The van der Waals surface area contributed by atoms with Crippen molar-refractivity contribution in [3.05, 3.63) is 0 Å². The fourth-order valence-electron chi connectivity index (χ4n) is 4.25. The summed E-state index contributed by atoms with van der Waals surface area (Å²) in [5, 5.41) is 7.83. The monoisotopic (exact) mass is 528 g/mol. The summed E-state index contributed by atoms with van der Waals surface area (Å²) in [6, 6.07) is -3.91. The van der Waals surface area contributed by atoms with E-state index in [-0.39, 0.29) is 37.1 Å². The number of nitrogens with zero attached hydrogens (tertiary/aromatic N) is 1. The molecule has 1 fully saturated rings. The maximum atomic E-state index is 13.5. The van der Waals surface area contributed by atoms with Crippen LogP contribution in [0.15, 0.2) is 0 Å². The number of rotatable bonds is 14. The predicted octanol–water partition coefficient (Wildman–Crippen LogP) is 0.646. The molecule has 0 aliphatic carbocycles. The molecule has 0 bridgehead atoms. The molecule has 1 saturated heterocycles. The van der Waals surface area contributed by atoms with Gasteiger partial charge >= 0.3 is 5.97 Å². The zero-order valence-corrected chi connectivity index (χ0v) is 22.6. The number of ketones is 1. The van der Waals surface area contributed by atoms with E-state index in [1.54, 1.807) is 13.8 Å². The molecule has 4 amide bonds. The number of ether oxygens (including phenoxy) is 1. The van der Waals surface area contributed by atoms with Crippen molar-refractivity contribution in [1.82, 2.24) is 20.9 Å². The number of carbonyl (C=O) groups is 6. The number of methoxy groups -OCH3 is 1. The Labute approximate surface area is 217 Å². The van der Waals surface area contributed by atoms with Crippen LogP contribution >= 0.6 is 0 Å². The van der Waals surface area contributed by atoms with E-state index in [9.17, 15) is 33.2 Å². The molecule has 12 heteroatoms. The number of likely N-dealkylation sites (tertiary alicyclic amines) is 1. The molecule has 11 nitrogen and oxygen atoms in total. The number of hydrogen-bond acceptors (Lipinski definition) is 7. The maximum Gasteiger partial charge on any atom is 0.305 e. The highest BCUT2D eigenvalue weighted by molar-refractivity contribution is 5.96. The third-order valence-corrected chi connectivity index (χ3v) is 6.17. The Morgan fingerprint density at radius 1 is 1.00 bits per heavy atom. The Kier molecular flexibility index (Phi) is 13.2. The Hall–Kier alpha value is -3.05. The quantitative estimate of drug-likeness (QED) is 0.280. The second-order valence-electron chi connectivity index (χ2n) is 10.1. The van der Waals surface area contributed by atoms with Gasteiger partial charge in [0.15, 0.2) is 5.78 Å². The Balaban J connectivity index is 3.05. The highest BCUT2D eigenvalue weighted by Crippen LogP contribution is 2.21. The van der Waals surface area contributed by atoms with Gasteiger partial charge in [-0.15, -0.1) is 0 Å². The van der Waals surface area contributed by atoms with Gasteiger partial charge in [0.25, 0.3) is 0 Å². The van der Waals surface area contributed by atoms with Crippen LogP contribution in [0.5, 0.6) is 0 Å². The number of nitrogens with one attached hydrogen (secondary N) is 3. The third kappa shape index (κ3) is 10.1. The summed E-state index contributed by atoms with van der Waals surface area (Å²) in [4.78, 5) is 76.0. The van der Waals surface area contributed by atoms with E-state index >= 15 is 0 Å². The molecule has 3 N–H and O–H groups in total. The topological polar surface area (TPSA) is 151 Å². The van der Waals surface area contributed by atoms with E-state index in [0.29, 0.717) is 19.3 Å². The van der Waals surface area contributed by atoms with Crippen molar-refractivity contribution >= 4 is 35.4 Å². The molecule has 4 atom stereocenters. The largest absolute Gasteiger partial charge is 0.469 e. The predicted molar refractivity (Wildman–Crippen MR) is 133 cm³/mol. The van der Waals surface area contributed by atoms with Crippen molar-refractivity contribution in [2.24, 2.45) is 11.8 Å². The van der Waals surface area contributed by atoms with E-state index in [1.165, 1.54) is 18.9 Å². The first-order valence-corrected chi connectivity index (χ1v) is 12.7. The van der Waals surface area contributed by atoms with E-state index in [4.69, 9.17) is 0 Å². The number of carbonyl (C=O) groups excluding carboxylic acids is 6. The van der Waals surface area contributed by atoms with Crippen LogP contribution in [0.3, 0.4) is 0 Å².